The summed E-state index contributed by atoms with van der Waals surface area (Å²) in [5, 5.41) is 0. The van der Waals surface area contributed by atoms with Gasteiger partial charge >= 0.3 is 33.3 Å². The Morgan fingerprint density at radius 1 is 0.955 bits per heavy atom. The summed E-state index contributed by atoms with van der Waals surface area (Å²) in [6, 6.07) is 12.3. The number of aliphatic imine (C=N–C) groups is 1. The second-order valence-electron chi connectivity index (χ2n) is 4.75. The van der Waals surface area contributed by atoms with E-state index in [2.05, 4.69) is 37.0 Å². The first-order valence-corrected chi connectivity index (χ1v) is 9.68. The number of aryl methyl sites for hydroxylation is 3. The molecule has 0 aliphatic carbocycles. The Bertz CT molecular complexity index is 624. The normalized spacial score (nSPS) is 10.5. The topological polar surface area (TPSA) is 21.6 Å². The molecular formula is C17H19Cl2FeNO. The predicted octanol–water partition coefficient (Wildman–Crippen LogP) is 5.75. The summed E-state index contributed by atoms with van der Waals surface area (Å²) in [5.74, 6) is 0.887. The molecule has 120 valence electrons. The zero-order valence-corrected chi connectivity index (χ0v) is 15.6. The SMILES string of the molecule is COc1c(C)cccc1C=Nc1c(C)cccc1C.[Cl][Fe][Cl]. The molecule has 0 aliphatic heterocycles. The summed E-state index contributed by atoms with van der Waals surface area (Å²) in [6.45, 7) is 6.19. The predicted molar refractivity (Wildman–Crippen MR) is 92.6 cm³/mol. The van der Waals surface area contributed by atoms with Crippen molar-refractivity contribution in [1.29, 1.82) is 0 Å². The molecule has 2 aromatic rings. The van der Waals surface area contributed by atoms with Crippen molar-refractivity contribution >= 4 is 32.1 Å². The Kier molecular flexibility index (Phi) is 8.59. The van der Waals surface area contributed by atoms with Crippen LogP contribution in [-0.4, -0.2) is 13.3 Å². The van der Waals surface area contributed by atoms with Gasteiger partial charge in [-0.1, -0.05) is 30.3 Å². The standard InChI is InChI=1S/C17H19NO.2ClH.Fe/c1-12-7-5-8-13(2)16(12)18-11-15-10-6-9-14(3)17(15)19-4;;;/h5-11H,1-4H3;2*1H;/q;;;+2/p-2. The van der Waals surface area contributed by atoms with Crippen molar-refractivity contribution in [2.24, 2.45) is 4.99 Å². The molecule has 0 N–H and O–H groups in total. The van der Waals surface area contributed by atoms with Gasteiger partial charge in [0, 0.05) is 11.8 Å². The Morgan fingerprint density at radius 3 is 2.00 bits per heavy atom. The van der Waals surface area contributed by atoms with E-state index in [4.69, 9.17) is 24.9 Å². The number of ether oxygens (including phenoxy) is 1. The van der Waals surface area contributed by atoms with Gasteiger partial charge in [-0.05, 0) is 43.5 Å². The number of hydrogen-bond donors (Lipinski definition) is 0. The van der Waals surface area contributed by atoms with Gasteiger partial charge in [-0.2, -0.15) is 0 Å². The van der Waals surface area contributed by atoms with Crippen LogP contribution in [0.1, 0.15) is 22.3 Å². The molecule has 0 saturated carbocycles. The third-order valence-corrected chi connectivity index (χ3v) is 3.22. The van der Waals surface area contributed by atoms with E-state index in [9.17, 15) is 0 Å². The molecule has 0 radical (unpaired) electrons. The fraction of sp³-hybridized carbons (Fsp3) is 0.235. The van der Waals surface area contributed by atoms with E-state index in [-0.39, 0.29) is 13.1 Å². The minimum absolute atomic E-state index is 0.194. The average Bonchev–Trinajstić information content (AvgIpc) is 2.47. The first-order chi connectivity index (χ1) is 10.5. The first kappa shape index (κ1) is 19.1. The third kappa shape index (κ3) is 5.33. The van der Waals surface area contributed by atoms with Crippen LogP contribution in [0.15, 0.2) is 41.4 Å². The van der Waals surface area contributed by atoms with E-state index < -0.39 is 0 Å². The van der Waals surface area contributed by atoms with Gasteiger partial charge in [0.2, 0.25) is 0 Å². The summed E-state index contributed by atoms with van der Waals surface area (Å²) in [4.78, 5) is 4.62. The summed E-state index contributed by atoms with van der Waals surface area (Å²) in [7, 11) is 11.2. The number of para-hydroxylation sites is 2. The van der Waals surface area contributed by atoms with Crippen LogP contribution in [-0.2, 0) is 13.1 Å². The summed E-state index contributed by atoms with van der Waals surface area (Å²) in [6.07, 6.45) is 1.88. The molecule has 0 spiro atoms. The van der Waals surface area contributed by atoms with E-state index in [1.807, 2.05) is 31.3 Å². The molecule has 0 unspecified atom stereocenters. The van der Waals surface area contributed by atoms with Crippen molar-refractivity contribution in [3.63, 3.8) is 0 Å². The van der Waals surface area contributed by atoms with Crippen LogP contribution < -0.4 is 4.74 Å². The van der Waals surface area contributed by atoms with Gasteiger partial charge in [0.15, 0.2) is 0 Å². The number of methoxy groups -OCH3 is 1. The Hall–Kier alpha value is -0.991. The maximum atomic E-state index is 5.43. The van der Waals surface area contributed by atoms with Crippen LogP contribution in [0.25, 0.3) is 0 Å². The van der Waals surface area contributed by atoms with Gasteiger partial charge in [0.25, 0.3) is 0 Å². The number of benzene rings is 2. The van der Waals surface area contributed by atoms with Crippen LogP contribution in [0.3, 0.4) is 0 Å². The number of rotatable bonds is 3. The molecule has 2 aromatic carbocycles. The van der Waals surface area contributed by atoms with Gasteiger partial charge in [-0.25, -0.2) is 0 Å². The van der Waals surface area contributed by atoms with E-state index in [1.54, 1.807) is 7.11 Å². The molecule has 22 heavy (non-hydrogen) atoms. The molecule has 2 nitrogen and oxygen atoms in total. The van der Waals surface area contributed by atoms with Crippen molar-refractivity contribution < 1.29 is 17.9 Å². The molecule has 0 saturated heterocycles. The fourth-order valence-corrected chi connectivity index (χ4v) is 2.20. The van der Waals surface area contributed by atoms with Gasteiger partial charge in [-0.15, -0.1) is 0 Å². The molecule has 0 aliphatic rings. The van der Waals surface area contributed by atoms with E-state index in [0.717, 1.165) is 22.6 Å². The molecular weight excluding hydrogens is 361 g/mol. The number of nitrogens with zero attached hydrogens (tertiary/aromatic N) is 1. The summed E-state index contributed by atoms with van der Waals surface area (Å²) in [5.41, 5.74) is 5.52. The number of hydrogen-bond acceptors (Lipinski definition) is 2. The monoisotopic (exact) mass is 379 g/mol. The molecule has 0 fully saturated rings. The molecule has 2 rings (SSSR count). The second kappa shape index (κ2) is 9.91. The quantitative estimate of drug-likeness (QED) is 0.491. The fourth-order valence-electron chi connectivity index (χ4n) is 2.20. The summed E-state index contributed by atoms with van der Waals surface area (Å²) >= 11 is 0.194. The van der Waals surface area contributed by atoms with Crippen LogP contribution >= 0.6 is 20.2 Å². The molecule has 0 aromatic heterocycles. The van der Waals surface area contributed by atoms with E-state index in [0.29, 0.717) is 0 Å². The summed E-state index contributed by atoms with van der Waals surface area (Å²) < 4.78 is 5.43. The van der Waals surface area contributed by atoms with Crippen molar-refractivity contribution in [1.82, 2.24) is 0 Å². The van der Waals surface area contributed by atoms with E-state index in [1.165, 1.54) is 11.1 Å². The van der Waals surface area contributed by atoms with Crippen molar-refractivity contribution in [2.45, 2.75) is 20.8 Å². The third-order valence-electron chi connectivity index (χ3n) is 3.22. The average molecular weight is 380 g/mol. The molecule has 0 bridgehead atoms. The van der Waals surface area contributed by atoms with Crippen LogP contribution in [0.4, 0.5) is 5.69 Å². The van der Waals surface area contributed by atoms with Crippen LogP contribution in [0, 0.1) is 20.8 Å². The number of halogens is 2. The maximum absolute atomic E-state index is 5.43. The first-order valence-electron chi connectivity index (χ1n) is 6.64. The van der Waals surface area contributed by atoms with Crippen molar-refractivity contribution in [2.75, 3.05) is 7.11 Å². The molecule has 0 amide bonds. The van der Waals surface area contributed by atoms with Crippen LogP contribution in [0.5, 0.6) is 5.75 Å². The molecule has 0 heterocycles. The molecule has 0 atom stereocenters. The Labute approximate surface area is 147 Å². The van der Waals surface area contributed by atoms with E-state index >= 15 is 0 Å². The van der Waals surface area contributed by atoms with Gasteiger partial charge in [0.1, 0.15) is 5.75 Å². The Balaban J connectivity index is 0.000000745. The Morgan fingerprint density at radius 2 is 1.45 bits per heavy atom. The van der Waals surface area contributed by atoms with Gasteiger partial charge in [0.05, 0.1) is 12.8 Å². The van der Waals surface area contributed by atoms with Crippen LogP contribution in [0.2, 0.25) is 0 Å². The second-order valence-corrected chi connectivity index (χ2v) is 6.57. The molecule has 5 heteroatoms. The van der Waals surface area contributed by atoms with Gasteiger partial charge in [-0.3, -0.25) is 4.99 Å². The van der Waals surface area contributed by atoms with Crippen molar-refractivity contribution in [3.05, 3.63) is 58.7 Å². The van der Waals surface area contributed by atoms with Gasteiger partial charge < -0.3 is 4.74 Å². The zero-order chi connectivity index (χ0) is 16.5. The zero-order valence-electron chi connectivity index (χ0n) is 13.0. The minimum atomic E-state index is 0.194. The van der Waals surface area contributed by atoms with Crippen molar-refractivity contribution in [3.8, 4) is 5.75 Å².